The van der Waals surface area contributed by atoms with Crippen LogP contribution in [0.1, 0.15) is 13.3 Å². The number of anilines is 1. The third-order valence-corrected chi connectivity index (χ3v) is 3.94. The molecule has 0 saturated heterocycles. The molecule has 2 heterocycles. The van der Waals surface area contributed by atoms with Crippen molar-refractivity contribution in [2.24, 2.45) is 0 Å². The first kappa shape index (κ1) is 14.3. The predicted molar refractivity (Wildman–Crippen MR) is 87.5 cm³/mol. The molecule has 1 amide bonds. The van der Waals surface area contributed by atoms with Crippen LogP contribution in [0.3, 0.4) is 0 Å². The van der Waals surface area contributed by atoms with E-state index >= 15 is 0 Å². The summed E-state index contributed by atoms with van der Waals surface area (Å²) in [7, 11) is 0. The lowest BCUT2D eigenvalue weighted by Gasteiger charge is -2.04. The van der Waals surface area contributed by atoms with Crippen LogP contribution in [0, 0.1) is 0 Å². The Kier molecular flexibility index (Phi) is 4.20. The SMILES string of the molecule is CCC(=O)Nc1ccc(-c2csc(-c3cnccn3)n2)cc1. The highest BCUT2D eigenvalue weighted by Gasteiger charge is 2.08. The number of hydrogen-bond donors (Lipinski definition) is 1. The standard InChI is InChI=1S/C16H14N4OS/c1-2-15(21)19-12-5-3-11(4-6-12)14-10-22-16(20-14)13-9-17-7-8-18-13/h3-10H,2H2,1H3,(H,19,21). The first-order valence-electron chi connectivity index (χ1n) is 6.88. The second-order valence-electron chi connectivity index (χ2n) is 4.61. The Labute approximate surface area is 132 Å². The third-order valence-electron chi connectivity index (χ3n) is 3.07. The monoisotopic (exact) mass is 310 g/mol. The summed E-state index contributed by atoms with van der Waals surface area (Å²) < 4.78 is 0. The van der Waals surface area contributed by atoms with Gasteiger partial charge < -0.3 is 5.32 Å². The second kappa shape index (κ2) is 6.44. The van der Waals surface area contributed by atoms with Crippen LogP contribution < -0.4 is 5.32 Å². The molecule has 3 rings (SSSR count). The van der Waals surface area contributed by atoms with E-state index in [0.717, 1.165) is 27.6 Å². The highest BCUT2D eigenvalue weighted by atomic mass is 32.1. The Morgan fingerprint density at radius 3 is 2.68 bits per heavy atom. The number of carbonyl (C=O) groups is 1. The van der Waals surface area contributed by atoms with Gasteiger partial charge in [0.25, 0.3) is 0 Å². The smallest absolute Gasteiger partial charge is 0.224 e. The molecule has 0 aliphatic heterocycles. The molecular weight excluding hydrogens is 296 g/mol. The summed E-state index contributed by atoms with van der Waals surface area (Å²) in [5.41, 5.74) is 3.45. The fraction of sp³-hybridized carbons (Fsp3) is 0.125. The minimum atomic E-state index is 0.00588. The van der Waals surface area contributed by atoms with Gasteiger partial charge in [-0.3, -0.25) is 14.8 Å². The maximum atomic E-state index is 11.4. The van der Waals surface area contributed by atoms with Crippen molar-refractivity contribution in [2.45, 2.75) is 13.3 Å². The summed E-state index contributed by atoms with van der Waals surface area (Å²) in [6.45, 7) is 1.83. The van der Waals surface area contributed by atoms with E-state index in [9.17, 15) is 4.79 Å². The summed E-state index contributed by atoms with van der Waals surface area (Å²) in [6.07, 6.45) is 5.46. The van der Waals surface area contributed by atoms with Crippen molar-refractivity contribution in [3.63, 3.8) is 0 Å². The molecule has 0 aliphatic rings. The zero-order chi connectivity index (χ0) is 15.4. The quantitative estimate of drug-likeness (QED) is 0.799. The second-order valence-corrected chi connectivity index (χ2v) is 5.47. The highest BCUT2D eigenvalue weighted by molar-refractivity contribution is 7.13. The van der Waals surface area contributed by atoms with E-state index in [1.165, 1.54) is 11.3 Å². The van der Waals surface area contributed by atoms with Gasteiger partial charge in [-0.05, 0) is 12.1 Å². The zero-order valence-corrected chi connectivity index (χ0v) is 12.8. The Bertz CT molecular complexity index is 768. The van der Waals surface area contributed by atoms with Crippen molar-refractivity contribution in [2.75, 3.05) is 5.32 Å². The number of benzene rings is 1. The summed E-state index contributed by atoms with van der Waals surface area (Å²) >= 11 is 1.53. The van der Waals surface area contributed by atoms with E-state index in [2.05, 4.69) is 20.3 Å². The Balaban J connectivity index is 1.80. The minimum Gasteiger partial charge on any atom is -0.326 e. The first-order valence-corrected chi connectivity index (χ1v) is 7.76. The van der Waals surface area contributed by atoms with E-state index in [1.807, 2.05) is 36.6 Å². The van der Waals surface area contributed by atoms with Crippen LogP contribution >= 0.6 is 11.3 Å². The van der Waals surface area contributed by atoms with E-state index in [1.54, 1.807) is 18.6 Å². The Morgan fingerprint density at radius 1 is 1.18 bits per heavy atom. The minimum absolute atomic E-state index is 0.00588. The molecule has 5 nitrogen and oxygen atoms in total. The van der Waals surface area contributed by atoms with Crippen LogP contribution in [-0.4, -0.2) is 20.9 Å². The van der Waals surface area contributed by atoms with Gasteiger partial charge in [0.1, 0.15) is 10.7 Å². The Morgan fingerprint density at radius 2 is 2.00 bits per heavy atom. The summed E-state index contributed by atoms with van der Waals surface area (Å²) in [5.74, 6) is 0.00588. The third kappa shape index (κ3) is 3.17. The predicted octanol–water partition coefficient (Wildman–Crippen LogP) is 3.62. The van der Waals surface area contributed by atoms with Crippen LogP contribution in [0.2, 0.25) is 0 Å². The lowest BCUT2D eigenvalue weighted by atomic mass is 10.1. The van der Waals surface area contributed by atoms with Crippen LogP contribution in [0.25, 0.3) is 22.0 Å². The number of nitrogens with one attached hydrogen (secondary N) is 1. The Hall–Kier alpha value is -2.60. The first-order chi connectivity index (χ1) is 10.8. The van der Waals surface area contributed by atoms with Gasteiger partial charge in [-0.15, -0.1) is 11.3 Å². The average Bonchev–Trinajstić information content (AvgIpc) is 3.06. The average molecular weight is 310 g/mol. The maximum absolute atomic E-state index is 11.4. The molecule has 110 valence electrons. The molecule has 0 saturated carbocycles. The van der Waals surface area contributed by atoms with Gasteiger partial charge in [0, 0.05) is 35.4 Å². The summed E-state index contributed by atoms with van der Waals surface area (Å²) in [4.78, 5) is 24.3. The molecule has 1 aromatic carbocycles. The number of nitrogens with zero attached hydrogens (tertiary/aromatic N) is 3. The van der Waals surface area contributed by atoms with E-state index in [-0.39, 0.29) is 5.91 Å². The van der Waals surface area contributed by atoms with Gasteiger partial charge >= 0.3 is 0 Å². The van der Waals surface area contributed by atoms with Gasteiger partial charge in [-0.1, -0.05) is 19.1 Å². The lowest BCUT2D eigenvalue weighted by molar-refractivity contribution is -0.115. The molecule has 0 bridgehead atoms. The molecular formula is C16H14N4OS. The van der Waals surface area contributed by atoms with Gasteiger partial charge in [0.05, 0.1) is 11.9 Å². The number of thiazole rings is 1. The molecule has 0 spiro atoms. The highest BCUT2D eigenvalue weighted by Crippen LogP contribution is 2.28. The van der Waals surface area contributed by atoms with Crippen LogP contribution in [0.15, 0.2) is 48.2 Å². The zero-order valence-electron chi connectivity index (χ0n) is 12.0. The van der Waals surface area contributed by atoms with Gasteiger partial charge in [-0.25, -0.2) is 4.98 Å². The van der Waals surface area contributed by atoms with E-state index in [0.29, 0.717) is 6.42 Å². The van der Waals surface area contributed by atoms with Crippen LogP contribution in [-0.2, 0) is 4.79 Å². The number of rotatable bonds is 4. The molecule has 0 fully saturated rings. The summed E-state index contributed by atoms with van der Waals surface area (Å²) in [6, 6.07) is 7.65. The number of carbonyl (C=O) groups excluding carboxylic acids is 1. The molecule has 0 atom stereocenters. The number of aromatic nitrogens is 3. The molecule has 2 aromatic heterocycles. The van der Waals surface area contributed by atoms with Crippen molar-refractivity contribution in [1.29, 1.82) is 0 Å². The fourth-order valence-corrected chi connectivity index (χ4v) is 2.70. The van der Waals surface area contributed by atoms with Gasteiger partial charge in [0.15, 0.2) is 0 Å². The van der Waals surface area contributed by atoms with Crippen molar-refractivity contribution in [3.8, 4) is 22.0 Å². The molecule has 0 aliphatic carbocycles. The molecule has 3 aromatic rings. The van der Waals surface area contributed by atoms with Gasteiger partial charge in [-0.2, -0.15) is 0 Å². The van der Waals surface area contributed by atoms with Crippen LogP contribution in [0.5, 0.6) is 0 Å². The lowest BCUT2D eigenvalue weighted by Crippen LogP contribution is -2.08. The van der Waals surface area contributed by atoms with Crippen LogP contribution in [0.4, 0.5) is 5.69 Å². The fourth-order valence-electron chi connectivity index (χ4n) is 1.91. The van der Waals surface area contributed by atoms with Crippen molar-refractivity contribution in [3.05, 3.63) is 48.2 Å². The van der Waals surface area contributed by atoms with E-state index in [4.69, 9.17) is 0 Å². The van der Waals surface area contributed by atoms with Crippen molar-refractivity contribution in [1.82, 2.24) is 15.0 Å². The molecule has 1 N–H and O–H groups in total. The van der Waals surface area contributed by atoms with Crippen molar-refractivity contribution < 1.29 is 4.79 Å². The number of amides is 1. The summed E-state index contributed by atoms with van der Waals surface area (Å²) in [5, 5.41) is 5.66. The number of hydrogen-bond acceptors (Lipinski definition) is 5. The largest absolute Gasteiger partial charge is 0.326 e. The molecule has 22 heavy (non-hydrogen) atoms. The maximum Gasteiger partial charge on any atom is 0.224 e. The molecule has 6 heteroatoms. The van der Waals surface area contributed by atoms with Crippen molar-refractivity contribution >= 4 is 22.9 Å². The van der Waals surface area contributed by atoms with Gasteiger partial charge in [0.2, 0.25) is 5.91 Å². The topological polar surface area (TPSA) is 67.8 Å². The molecule has 0 radical (unpaired) electrons. The van der Waals surface area contributed by atoms with E-state index < -0.39 is 0 Å². The molecule has 0 unspecified atom stereocenters. The normalized spacial score (nSPS) is 10.4.